The van der Waals surface area contributed by atoms with E-state index in [1.54, 1.807) is 0 Å². The maximum absolute atomic E-state index is 11.5. The quantitative estimate of drug-likeness (QED) is 0.644. The van der Waals surface area contributed by atoms with Gasteiger partial charge >= 0.3 is 0 Å². The molecule has 2 atom stereocenters. The van der Waals surface area contributed by atoms with Crippen LogP contribution in [0.3, 0.4) is 0 Å². The van der Waals surface area contributed by atoms with Gasteiger partial charge in [0, 0.05) is 25.6 Å². The Morgan fingerprint density at radius 2 is 1.68 bits per heavy atom. The molecule has 2 rings (SSSR count). The van der Waals surface area contributed by atoms with E-state index in [9.17, 15) is 24.6 Å². The molecule has 0 fully saturated rings. The fraction of sp³-hybridized carbons (Fsp3) is 0.267. The molecule has 116 valence electrons. The maximum Gasteiger partial charge on any atom is 0.258 e. The number of aliphatic hydroxyl groups is 2. The molecule has 0 bridgehead atoms. The Bertz CT molecular complexity index is 605. The van der Waals surface area contributed by atoms with Gasteiger partial charge in [-0.05, 0) is 17.7 Å². The van der Waals surface area contributed by atoms with E-state index in [1.165, 1.54) is 43.3 Å². The van der Waals surface area contributed by atoms with Crippen LogP contribution in [0.25, 0.3) is 0 Å². The van der Waals surface area contributed by atoms with Gasteiger partial charge in [-0.25, -0.2) is 4.90 Å². The molecule has 0 radical (unpaired) electrons. The van der Waals surface area contributed by atoms with E-state index in [2.05, 4.69) is 5.32 Å². The van der Waals surface area contributed by atoms with E-state index in [0.717, 1.165) is 4.90 Å². The van der Waals surface area contributed by atoms with Crippen molar-refractivity contribution in [2.24, 2.45) is 0 Å². The molecule has 7 nitrogen and oxygen atoms in total. The number of aliphatic hydroxyl groups excluding tert-OH is 2. The van der Waals surface area contributed by atoms with Crippen LogP contribution < -0.4 is 10.2 Å². The van der Waals surface area contributed by atoms with E-state index >= 15 is 0 Å². The van der Waals surface area contributed by atoms with Crippen molar-refractivity contribution in [1.82, 2.24) is 5.32 Å². The number of hydrogen-bond acceptors (Lipinski definition) is 5. The number of imide groups is 1. The molecule has 3 amide bonds. The summed E-state index contributed by atoms with van der Waals surface area (Å²) in [4.78, 5) is 34.9. The van der Waals surface area contributed by atoms with Crippen LogP contribution in [0, 0.1) is 0 Å². The van der Waals surface area contributed by atoms with Gasteiger partial charge < -0.3 is 15.5 Å². The molecule has 1 aromatic rings. The third kappa shape index (κ3) is 3.38. The summed E-state index contributed by atoms with van der Waals surface area (Å²) in [6.45, 7) is 1.23. The zero-order chi connectivity index (χ0) is 16.3. The highest BCUT2D eigenvalue weighted by molar-refractivity contribution is 6.28. The second-order valence-electron chi connectivity index (χ2n) is 4.89. The highest BCUT2D eigenvalue weighted by Gasteiger charge is 2.25. The van der Waals surface area contributed by atoms with Gasteiger partial charge in [0.1, 0.15) is 12.2 Å². The van der Waals surface area contributed by atoms with Crippen molar-refractivity contribution in [1.29, 1.82) is 0 Å². The summed E-state index contributed by atoms with van der Waals surface area (Å²) in [7, 11) is 0. The monoisotopic (exact) mass is 304 g/mol. The highest BCUT2D eigenvalue weighted by Crippen LogP contribution is 2.23. The average Bonchev–Trinajstić information content (AvgIpc) is 2.83. The number of benzene rings is 1. The molecule has 0 aromatic heterocycles. The standard InChI is InChI=1S/C15H16N2O5/c1-9(18)16-8-12(19)15(22)10-2-4-11(5-3-10)17-13(20)6-7-14(17)21/h2-7,12,15,19,22H,8H2,1H3,(H,16,18). The van der Waals surface area contributed by atoms with E-state index in [-0.39, 0.29) is 12.5 Å². The number of carbonyl (C=O) groups excluding carboxylic acids is 3. The molecular formula is C15H16N2O5. The first kappa shape index (κ1) is 15.9. The first-order chi connectivity index (χ1) is 10.4. The molecule has 2 unspecified atom stereocenters. The van der Waals surface area contributed by atoms with Crippen LogP contribution >= 0.6 is 0 Å². The van der Waals surface area contributed by atoms with E-state index in [0.29, 0.717) is 11.3 Å². The topological polar surface area (TPSA) is 107 Å². The van der Waals surface area contributed by atoms with Gasteiger partial charge in [-0.2, -0.15) is 0 Å². The Balaban J connectivity index is 2.07. The van der Waals surface area contributed by atoms with Gasteiger partial charge in [0.15, 0.2) is 0 Å². The van der Waals surface area contributed by atoms with Crippen molar-refractivity contribution in [3.63, 3.8) is 0 Å². The molecule has 7 heteroatoms. The summed E-state index contributed by atoms with van der Waals surface area (Å²) >= 11 is 0. The summed E-state index contributed by atoms with van der Waals surface area (Å²) in [5, 5.41) is 22.2. The molecule has 1 aliphatic rings. The molecule has 1 aromatic carbocycles. The predicted molar refractivity (Wildman–Crippen MR) is 77.7 cm³/mol. The third-order valence-electron chi connectivity index (χ3n) is 3.23. The van der Waals surface area contributed by atoms with Crippen LogP contribution in [0.4, 0.5) is 5.69 Å². The zero-order valence-corrected chi connectivity index (χ0v) is 11.9. The molecule has 1 aliphatic heterocycles. The minimum atomic E-state index is -1.19. The first-order valence-corrected chi connectivity index (χ1v) is 6.67. The molecule has 0 spiro atoms. The van der Waals surface area contributed by atoms with Crippen LogP contribution in [0.2, 0.25) is 0 Å². The van der Waals surface area contributed by atoms with Gasteiger partial charge in [0.05, 0.1) is 5.69 Å². The smallest absolute Gasteiger partial charge is 0.258 e. The summed E-state index contributed by atoms with van der Waals surface area (Å²) in [6.07, 6.45) is 0.0142. The van der Waals surface area contributed by atoms with Crippen molar-refractivity contribution in [2.75, 3.05) is 11.4 Å². The second kappa shape index (κ2) is 6.50. The van der Waals surface area contributed by atoms with Crippen LogP contribution in [0.5, 0.6) is 0 Å². The van der Waals surface area contributed by atoms with Crippen LogP contribution in [-0.2, 0) is 14.4 Å². The first-order valence-electron chi connectivity index (χ1n) is 6.67. The van der Waals surface area contributed by atoms with Crippen LogP contribution in [0.15, 0.2) is 36.4 Å². The number of nitrogens with one attached hydrogen (secondary N) is 1. The van der Waals surface area contributed by atoms with Crippen LogP contribution in [0.1, 0.15) is 18.6 Å². The normalized spacial score (nSPS) is 16.8. The Labute approximate surface area is 126 Å². The Hall–Kier alpha value is -2.51. The summed E-state index contributed by atoms with van der Waals surface area (Å²) in [5.41, 5.74) is 0.793. The minimum Gasteiger partial charge on any atom is -0.388 e. The molecule has 0 saturated carbocycles. The molecule has 0 saturated heterocycles. The molecule has 3 N–H and O–H groups in total. The van der Waals surface area contributed by atoms with Crippen LogP contribution in [-0.4, -0.2) is 40.6 Å². The maximum atomic E-state index is 11.5. The number of amides is 3. The lowest BCUT2D eigenvalue weighted by Crippen LogP contribution is -2.34. The number of carbonyl (C=O) groups is 3. The van der Waals surface area contributed by atoms with Gasteiger partial charge in [-0.15, -0.1) is 0 Å². The van der Waals surface area contributed by atoms with E-state index in [1.807, 2.05) is 0 Å². The van der Waals surface area contributed by atoms with Crippen molar-refractivity contribution in [3.8, 4) is 0 Å². The Morgan fingerprint density at radius 3 is 2.18 bits per heavy atom. The second-order valence-corrected chi connectivity index (χ2v) is 4.89. The van der Waals surface area contributed by atoms with Gasteiger partial charge in [0.2, 0.25) is 5.91 Å². The van der Waals surface area contributed by atoms with Crippen molar-refractivity contribution in [2.45, 2.75) is 19.1 Å². The lowest BCUT2D eigenvalue weighted by molar-refractivity contribution is -0.121. The average molecular weight is 304 g/mol. The molecule has 0 aliphatic carbocycles. The lowest BCUT2D eigenvalue weighted by atomic mass is 10.0. The van der Waals surface area contributed by atoms with E-state index in [4.69, 9.17) is 0 Å². The Kier molecular flexibility index (Phi) is 4.69. The highest BCUT2D eigenvalue weighted by atomic mass is 16.3. The fourth-order valence-corrected chi connectivity index (χ4v) is 2.06. The SMILES string of the molecule is CC(=O)NCC(O)C(O)c1ccc(N2C(=O)C=CC2=O)cc1. The Morgan fingerprint density at radius 1 is 1.14 bits per heavy atom. The largest absolute Gasteiger partial charge is 0.388 e. The lowest BCUT2D eigenvalue weighted by Gasteiger charge is -2.19. The third-order valence-corrected chi connectivity index (χ3v) is 3.23. The number of hydrogen-bond donors (Lipinski definition) is 3. The summed E-state index contributed by atoms with van der Waals surface area (Å²) in [6, 6.07) is 6.03. The number of anilines is 1. The molecule has 22 heavy (non-hydrogen) atoms. The predicted octanol–water partition coefficient (Wildman–Crippen LogP) is -0.354. The van der Waals surface area contributed by atoms with Crippen molar-refractivity contribution >= 4 is 23.4 Å². The molecular weight excluding hydrogens is 288 g/mol. The van der Waals surface area contributed by atoms with Gasteiger partial charge in [-0.1, -0.05) is 12.1 Å². The van der Waals surface area contributed by atoms with Crippen molar-refractivity contribution in [3.05, 3.63) is 42.0 Å². The molecule has 1 heterocycles. The summed E-state index contributed by atoms with van der Waals surface area (Å²) < 4.78 is 0. The van der Waals surface area contributed by atoms with Crippen molar-refractivity contribution < 1.29 is 24.6 Å². The fourth-order valence-electron chi connectivity index (χ4n) is 2.06. The van der Waals surface area contributed by atoms with Gasteiger partial charge in [0.25, 0.3) is 11.8 Å². The zero-order valence-electron chi connectivity index (χ0n) is 11.9. The number of nitrogens with zero attached hydrogens (tertiary/aromatic N) is 1. The van der Waals surface area contributed by atoms with E-state index < -0.39 is 24.0 Å². The van der Waals surface area contributed by atoms with Gasteiger partial charge in [-0.3, -0.25) is 14.4 Å². The summed E-state index contributed by atoms with van der Waals surface area (Å²) in [5.74, 6) is -1.16. The minimum absolute atomic E-state index is 0.0781. The number of rotatable bonds is 5.